The number of aryl methyl sites for hydroxylation is 2. The van der Waals surface area contributed by atoms with Gasteiger partial charge in [0.1, 0.15) is 0 Å². The molecule has 0 saturated heterocycles. The maximum absolute atomic E-state index is 11.9. The summed E-state index contributed by atoms with van der Waals surface area (Å²) in [6.45, 7) is 3.58. The average Bonchev–Trinajstić information content (AvgIpc) is 2.49. The molecule has 96 valence electrons. The molecule has 2 rings (SSSR count). The number of benzene rings is 1. The normalized spacial score (nSPS) is 16.5. The van der Waals surface area contributed by atoms with Gasteiger partial charge in [-0.25, -0.2) is 0 Å². The van der Waals surface area contributed by atoms with Crippen molar-refractivity contribution < 1.29 is 9.59 Å². The van der Waals surface area contributed by atoms with E-state index in [4.69, 9.17) is 11.6 Å². The molecule has 1 aliphatic rings. The van der Waals surface area contributed by atoms with Gasteiger partial charge in [0.05, 0.1) is 5.38 Å². The summed E-state index contributed by atoms with van der Waals surface area (Å²) < 4.78 is 0. The van der Waals surface area contributed by atoms with Gasteiger partial charge in [-0.1, -0.05) is 0 Å². The minimum Gasteiger partial charge on any atom is -0.326 e. The van der Waals surface area contributed by atoms with Crippen LogP contribution in [0.1, 0.15) is 41.3 Å². The number of alkyl halides is 1. The monoisotopic (exact) mass is 265 g/mol. The summed E-state index contributed by atoms with van der Waals surface area (Å²) in [5, 5.41) is 2.38. The number of nitrogens with one attached hydrogen (secondary N) is 1. The lowest BCUT2D eigenvalue weighted by molar-refractivity contribution is -0.116. The van der Waals surface area contributed by atoms with Gasteiger partial charge in [-0.15, -0.1) is 11.6 Å². The Morgan fingerprint density at radius 3 is 2.78 bits per heavy atom. The highest BCUT2D eigenvalue weighted by atomic mass is 35.5. The minimum absolute atomic E-state index is 0.0432. The largest absolute Gasteiger partial charge is 0.326 e. The van der Waals surface area contributed by atoms with Crippen LogP contribution in [0, 0.1) is 6.92 Å². The summed E-state index contributed by atoms with van der Waals surface area (Å²) in [5.41, 5.74) is 3.44. The molecule has 0 aliphatic carbocycles. The number of carbonyl (C=O) groups excluding carboxylic acids is 2. The fourth-order valence-electron chi connectivity index (χ4n) is 2.25. The lowest BCUT2D eigenvalue weighted by Crippen LogP contribution is -2.13. The molecule has 0 aromatic heterocycles. The van der Waals surface area contributed by atoms with E-state index in [2.05, 4.69) is 5.32 Å². The first-order chi connectivity index (χ1) is 8.49. The second-order valence-corrected chi connectivity index (χ2v) is 5.36. The standard InChI is InChI=1S/C14H16ClNO2/c1-8-6-11(14(18)9(2)15)7-10-4-3-5-12(17)16-13(8)10/h6-7,9H,3-5H2,1-2H3,(H,16,17). The topological polar surface area (TPSA) is 46.2 Å². The summed E-state index contributed by atoms with van der Waals surface area (Å²) in [6, 6.07) is 3.65. The predicted octanol–water partition coefficient (Wildman–Crippen LogP) is 3.08. The summed E-state index contributed by atoms with van der Waals surface area (Å²) in [6.07, 6.45) is 2.16. The first-order valence-electron chi connectivity index (χ1n) is 6.10. The van der Waals surface area contributed by atoms with Crippen molar-refractivity contribution in [3.05, 3.63) is 28.8 Å². The van der Waals surface area contributed by atoms with Crippen molar-refractivity contribution in [2.24, 2.45) is 0 Å². The highest BCUT2D eigenvalue weighted by Gasteiger charge is 2.19. The van der Waals surface area contributed by atoms with Crippen molar-refractivity contribution in [2.45, 2.75) is 38.5 Å². The maximum Gasteiger partial charge on any atom is 0.224 e. The number of ketones is 1. The fraction of sp³-hybridized carbons (Fsp3) is 0.429. The lowest BCUT2D eigenvalue weighted by Gasteiger charge is -2.13. The molecule has 1 amide bonds. The first-order valence-corrected chi connectivity index (χ1v) is 6.54. The Balaban J connectivity index is 2.45. The summed E-state index contributed by atoms with van der Waals surface area (Å²) in [4.78, 5) is 23.4. The fourth-order valence-corrected chi connectivity index (χ4v) is 2.38. The molecule has 0 radical (unpaired) electrons. The Bertz CT molecular complexity index is 509. The van der Waals surface area contributed by atoms with E-state index in [1.807, 2.05) is 13.0 Å². The Kier molecular flexibility index (Phi) is 3.71. The van der Waals surface area contributed by atoms with Gasteiger partial charge in [-0.2, -0.15) is 0 Å². The summed E-state index contributed by atoms with van der Waals surface area (Å²) in [5.74, 6) is -0.0280. The Morgan fingerprint density at radius 1 is 1.39 bits per heavy atom. The second kappa shape index (κ2) is 5.11. The van der Waals surface area contributed by atoms with Crippen molar-refractivity contribution >= 4 is 29.0 Å². The van der Waals surface area contributed by atoms with Crippen LogP contribution in [0.2, 0.25) is 0 Å². The molecular weight excluding hydrogens is 250 g/mol. The maximum atomic E-state index is 11.9. The minimum atomic E-state index is -0.525. The molecule has 0 spiro atoms. The van der Waals surface area contributed by atoms with Crippen LogP contribution in [0.5, 0.6) is 0 Å². The van der Waals surface area contributed by atoms with Crippen LogP contribution >= 0.6 is 11.6 Å². The van der Waals surface area contributed by atoms with E-state index in [0.717, 1.165) is 29.7 Å². The number of rotatable bonds is 2. The van der Waals surface area contributed by atoms with Crippen LogP contribution < -0.4 is 5.32 Å². The molecule has 0 bridgehead atoms. The SMILES string of the molecule is Cc1cc(C(=O)C(C)Cl)cc2c1NC(=O)CCC2. The molecule has 1 aromatic carbocycles. The first kappa shape index (κ1) is 13.1. The lowest BCUT2D eigenvalue weighted by atomic mass is 9.97. The zero-order valence-electron chi connectivity index (χ0n) is 10.5. The van der Waals surface area contributed by atoms with Crippen LogP contribution in [-0.4, -0.2) is 17.1 Å². The summed E-state index contributed by atoms with van der Waals surface area (Å²) in [7, 11) is 0. The van der Waals surface area contributed by atoms with Crippen molar-refractivity contribution in [3.63, 3.8) is 0 Å². The van der Waals surface area contributed by atoms with E-state index in [9.17, 15) is 9.59 Å². The van der Waals surface area contributed by atoms with E-state index < -0.39 is 5.38 Å². The molecule has 1 aromatic rings. The quantitative estimate of drug-likeness (QED) is 0.660. The molecule has 1 N–H and O–H groups in total. The molecule has 1 aliphatic heterocycles. The number of hydrogen-bond donors (Lipinski definition) is 1. The molecule has 1 heterocycles. The van der Waals surface area contributed by atoms with Gasteiger partial charge in [-0.05, 0) is 49.9 Å². The number of Topliss-reactive ketones (excluding diaryl/α,β-unsaturated/α-hetero) is 1. The van der Waals surface area contributed by atoms with Gasteiger partial charge in [-0.3, -0.25) is 9.59 Å². The van der Waals surface area contributed by atoms with Crippen LogP contribution in [-0.2, 0) is 11.2 Å². The Hall–Kier alpha value is -1.35. The van der Waals surface area contributed by atoms with Gasteiger partial charge in [0.15, 0.2) is 5.78 Å². The zero-order valence-corrected chi connectivity index (χ0v) is 11.3. The predicted molar refractivity (Wildman–Crippen MR) is 72.4 cm³/mol. The zero-order chi connectivity index (χ0) is 13.3. The Morgan fingerprint density at radius 2 is 2.11 bits per heavy atom. The highest BCUT2D eigenvalue weighted by Crippen LogP contribution is 2.28. The number of halogens is 1. The van der Waals surface area contributed by atoms with E-state index >= 15 is 0 Å². The van der Waals surface area contributed by atoms with Crippen LogP contribution in [0.25, 0.3) is 0 Å². The number of carbonyl (C=O) groups is 2. The van der Waals surface area contributed by atoms with Crippen molar-refractivity contribution in [1.82, 2.24) is 0 Å². The highest BCUT2D eigenvalue weighted by molar-refractivity contribution is 6.33. The van der Waals surface area contributed by atoms with Gasteiger partial charge < -0.3 is 5.32 Å². The smallest absolute Gasteiger partial charge is 0.224 e. The molecule has 0 fully saturated rings. The van der Waals surface area contributed by atoms with Crippen LogP contribution in [0.4, 0.5) is 5.69 Å². The molecule has 4 heteroatoms. The second-order valence-electron chi connectivity index (χ2n) is 4.71. The molecule has 1 unspecified atom stereocenters. The molecule has 18 heavy (non-hydrogen) atoms. The summed E-state index contributed by atoms with van der Waals surface area (Å²) >= 11 is 5.83. The van der Waals surface area contributed by atoms with Crippen molar-refractivity contribution in [3.8, 4) is 0 Å². The van der Waals surface area contributed by atoms with E-state index in [-0.39, 0.29) is 11.7 Å². The van der Waals surface area contributed by atoms with Crippen LogP contribution in [0.3, 0.4) is 0 Å². The number of anilines is 1. The van der Waals surface area contributed by atoms with Gasteiger partial charge in [0, 0.05) is 17.7 Å². The molecular formula is C14H16ClNO2. The van der Waals surface area contributed by atoms with Crippen molar-refractivity contribution in [1.29, 1.82) is 0 Å². The molecule has 0 saturated carbocycles. The van der Waals surface area contributed by atoms with Gasteiger partial charge in [0.25, 0.3) is 0 Å². The Labute approximate surface area is 112 Å². The molecule has 1 atom stereocenters. The van der Waals surface area contributed by atoms with Gasteiger partial charge in [0.2, 0.25) is 5.91 Å². The third-order valence-electron chi connectivity index (χ3n) is 3.18. The number of fused-ring (bicyclic) bond motifs is 1. The third-order valence-corrected chi connectivity index (χ3v) is 3.38. The van der Waals surface area contributed by atoms with Gasteiger partial charge >= 0.3 is 0 Å². The van der Waals surface area contributed by atoms with E-state index in [0.29, 0.717) is 12.0 Å². The van der Waals surface area contributed by atoms with Crippen LogP contribution in [0.15, 0.2) is 12.1 Å². The average molecular weight is 266 g/mol. The van der Waals surface area contributed by atoms with E-state index in [1.165, 1.54) is 0 Å². The van der Waals surface area contributed by atoms with Crippen molar-refractivity contribution in [2.75, 3.05) is 5.32 Å². The number of hydrogen-bond acceptors (Lipinski definition) is 2. The third kappa shape index (κ3) is 2.56. The number of amides is 1. The molecule has 3 nitrogen and oxygen atoms in total. The van der Waals surface area contributed by atoms with E-state index in [1.54, 1.807) is 13.0 Å².